The first-order valence-electron chi connectivity index (χ1n) is 9.13. The number of thioether (sulfide) groups is 1. The Kier molecular flexibility index (Phi) is 5.37. The molecule has 1 amide bonds. The zero-order valence-corrected chi connectivity index (χ0v) is 16.9. The SMILES string of the molecule is Cn1c(SCC(=O)Nc2cccc(C#N)c2)nc2c(-c3ccccc3)c[nH]c2c1=O. The van der Waals surface area contributed by atoms with Crippen molar-refractivity contribution in [2.45, 2.75) is 5.16 Å². The standard InChI is InChI=1S/C22H17N5O2S/c1-27-21(29)20-19(17(12-24-20)15-7-3-2-4-8-15)26-22(27)30-13-18(28)25-16-9-5-6-14(10-16)11-23/h2-10,12,24H,13H2,1H3,(H,25,28). The minimum absolute atomic E-state index is 0.0770. The molecule has 0 aliphatic rings. The second-order valence-corrected chi connectivity index (χ2v) is 7.52. The van der Waals surface area contributed by atoms with Gasteiger partial charge in [0.1, 0.15) is 11.0 Å². The van der Waals surface area contributed by atoms with Gasteiger partial charge in [-0.05, 0) is 23.8 Å². The first-order valence-corrected chi connectivity index (χ1v) is 10.1. The van der Waals surface area contributed by atoms with Crippen molar-refractivity contribution in [1.82, 2.24) is 14.5 Å². The highest BCUT2D eigenvalue weighted by Gasteiger charge is 2.16. The lowest BCUT2D eigenvalue weighted by Crippen LogP contribution is -2.21. The van der Waals surface area contributed by atoms with Crippen molar-refractivity contribution in [2.75, 3.05) is 11.1 Å². The van der Waals surface area contributed by atoms with Gasteiger partial charge in [-0.3, -0.25) is 14.2 Å². The van der Waals surface area contributed by atoms with E-state index in [0.29, 0.717) is 27.4 Å². The second-order valence-electron chi connectivity index (χ2n) is 6.58. The molecule has 0 aliphatic heterocycles. The summed E-state index contributed by atoms with van der Waals surface area (Å²) in [5.74, 6) is -0.171. The predicted molar refractivity (Wildman–Crippen MR) is 117 cm³/mol. The van der Waals surface area contributed by atoms with E-state index in [-0.39, 0.29) is 17.2 Å². The first kappa shape index (κ1) is 19.5. The fourth-order valence-corrected chi connectivity index (χ4v) is 3.85. The molecule has 2 aromatic carbocycles. The Morgan fingerprint density at radius 1 is 1.23 bits per heavy atom. The average molecular weight is 415 g/mol. The second kappa shape index (κ2) is 8.27. The Bertz CT molecular complexity index is 1340. The van der Waals surface area contributed by atoms with Gasteiger partial charge < -0.3 is 10.3 Å². The number of amides is 1. The van der Waals surface area contributed by atoms with Crippen LogP contribution in [0.5, 0.6) is 0 Å². The van der Waals surface area contributed by atoms with Gasteiger partial charge in [0.25, 0.3) is 5.56 Å². The third-order valence-electron chi connectivity index (χ3n) is 4.56. The van der Waals surface area contributed by atoms with Crippen molar-refractivity contribution in [3.63, 3.8) is 0 Å². The molecular formula is C22H17N5O2S. The molecule has 2 N–H and O–H groups in total. The number of benzene rings is 2. The van der Waals surface area contributed by atoms with Gasteiger partial charge in [-0.1, -0.05) is 48.2 Å². The van der Waals surface area contributed by atoms with Gasteiger partial charge in [0.2, 0.25) is 5.91 Å². The van der Waals surface area contributed by atoms with Crippen LogP contribution in [0.15, 0.2) is 70.7 Å². The highest BCUT2D eigenvalue weighted by molar-refractivity contribution is 7.99. The number of nitriles is 1. The van der Waals surface area contributed by atoms with Crippen LogP contribution >= 0.6 is 11.8 Å². The predicted octanol–water partition coefficient (Wildman–Crippen LogP) is 3.53. The fraction of sp³-hybridized carbons (Fsp3) is 0.0909. The lowest BCUT2D eigenvalue weighted by molar-refractivity contribution is -0.113. The summed E-state index contributed by atoms with van der Waals surface area (Å²) in [6.45, 7) is 0. The maximum atomic E-state index is 12.7. The Morgan fingerprint density at radius 3 is 2.80 bits per heavy atom. The molecule has 0 bridgehead atoms. The summed E-state index contributed by atoms with van der Waals surface area (Å²) in [6, 6.07) is 18.4. The van der Waals surface area contributed by atoms with Crippen LogP contribution in [0.1, 0.15) is 5.56 Å². The lowest BCUT2D eigenvalue weighted by Gasteiger charge is -2.09. The topological polar surface area (TPSA) is 104 Å². The van der Waals surface area contributed by atoms with Gasteiger partial charge >= 0.3 is 0 Å². The van der Waals surface area contributed by atoms with E-state index < -0.39 is 0 Å². The van der Waals surface area contributed by atoms with Crippen LogP contribution in [-0.4, -0.2) is 26.2 Å². The highest BCUT2D eigenvalue weighted by Crippen LogP contribution is 2.27. The van der Waals surface area contributed by atoms with Gasteiger partial charge in [0.15, 0.2) is 5.16 Å². The number of carbonyl (C=O) groups excluding carboxylic acids is 1. The zero-order valence-electron chi connectivity index (χ0n) is 16.0. The number of rotatable bonds is 5. The van der Waals surface area contributed by atoms with Crippen LogP contribution in [-0.2, 0) is 11.8 Å². The Labute approximate surface area is 176 Å². The summed E-state index contributed by atoms with van der Waals surface area (Å²) in [6.07, 6.45) is 1.78. The van der Waals surface area contributed by atoms with Crippen molar-refractivity contribution < 1.29 is 4.79 Å². The largest absolute Gasteiger partial charge is 0.355 e. The number of H-pyrrole nitrogens is 1. The minimum Gasteiger partial charge on any atom is -0.355 e. The molecule has 8 heteroatoms. The molecule has 148 valence electrons. The van der Waals surface area contributed by atoms with E-state index in [9.17, 15) is 9.59 Å². The molecule has 0 fully saturated rings. The van der Waals surface area contributed by atoms with E-state index in [1.807, 2.05) is 36.4 Å². The molecule has 30 heavy (non-hydrogen) atoms. The van der Waals surface area contributed by atoms with Crippen LogP contribution in [0.25, 0.3) is 22.2 Å². The first-order chi connectivity index (χ1) is 14.6. The molecule has 0 saturated heterocycles. The van der Waals surface area contributed by atoms with Crippen LogP contribution < -0.4 is 10.9 Å². The Balaban J connectivity index is 1.58. The molecule has 0 unspecified atom stereocenters. The van der Waals surface area contributed by atoms with Crippen molar-refractivity contribution in [2.24, 2.45) is 7.05 Å². The smallest absolute Gasteiger partial charge is 0.278 e. The van der Waals surface area contributed by atoms with Crippen LogP contribution in [0.2, 0.25) is 0 Å². The Morgan fingerprint density at radius 2 is 2.03 bits per heavy atom. The number of nitrogens with one attached hydrogen (secondary N) is 2. The number of nitrogens with zero attached hydrogens (tertiary/aromatic N) is 3. The molecule has 0 spiro atoms. The monoisotopic (exact) mass is 415 g/mol. The summed E-state index contributed by atoms with van der Waals surface area (Å²) < 4.78 is 1.43. The molecule has 2 heterocycles. The quantitative estimate of drug-likeness (QED) is 0.383. The summed E-state index contributed by atoms with van der Waals surface area (Å²) in [7, 11) is 1.63. The van der Waals surface area contributed by atoms with E-state index in [4.69, 9.17) is 5.26 Å². The summed E-state index contributed by atoms with van der Waals surface area (Å²) >= 11 is 1.18. The molecule has 7 nitrogen and oxygen atoms in total. The normalized spacial score (nSPS) is 10.7. The number of hydrogen-bond donors (Lipinski definition) is 2. The third kappa shape index (κ3) is 3.83. The maximum Gasteiger partial charge on any atom is 0.278 e. The molecule has 2 aromatic heterocycles. The molecule has 4 aromatic rings. The van der Waals surface area contributed by atoms with Crippen molar-refractivity contribution >= 4 is 34.4 Å². The van der Waals surface area contributed by atoms with Gasteiger partial charge in [0, 0.05) is 24.5 Å². The molecule has 0 aliphatic carbocycles. The number of aromatic nitrogens is 3. The van der Waals surface area contributed by atoms with Crippen molar-refractivity contribution in [3.05, 3.63) is 76.7 Å². The summed E-state index contributed by atoms with van der Waals surface area (Å²) in [5.41, 5.74) is 3.61. The number of anilines is 1. The Hall–Kier alpha value is -3.83. The highest BCUT2D eigenvalue weighted by atomic mass is 32.2. The van der Waals surface area contributed by atoms with Crippen LogP contribution in [0.4, 0.5) is 5.69 Å². The summed E-state index contributed by atoms with van der Waals surface area (Å²) in [5, 5.41) is 12.2. The van der Waals surface area contributed by atoms with Gasteiger partial charge in [0.05, 0.1) is 17.4 Å². The lowest BCUT2D eigenvalue weighted by atomic mass is 10.1. The fourth-order valence-electron chi connectivity index (χ4n) is 3.08. The van der Waals surface area contributed by atoms with E-state index in [0.717, 1.165) is 11.1 Å². The van der Waals surface area contributed by atoms with E-state index in [1.165, 1.54) is 16.3 Å². The number of fused-ring (bicyclic) bond motifs is 1. The van der Waals surface area contributed by atoms with E-state index >= 15 is 0 Å². The van der Waals surface area contributed by atoms with Crippen molar-refractivity contribution in [1.29, 1.82) is 5.26 Å². The number of hydrogen-bond acceptors (Lipinski definition) is 5. The molecule has 0 atom stereocenters. The van der Waals surface area contributed by atoms with Gasteiger partial charge in [-0.15, -0.1) is 0 Å². The zero-order chi connectivity index (χ0) is 21.1. The number of aromatic amines is 1. The minimum atomic E-state index is -0.248. The third-order valence-corrected chi connectivity index (χ3v) is 5.59. The molecule has 4 rings (SSSR count). The molecular weight excluding hydrogens is 398 g/mol. The van der Waals surface area contributed by atoms with Gasteiger partial charge in [-0.2, -0.15) is 5.26 Å². The van der Waals surface area contributed by atoms with Crippen molar-refractivity contribution in [3.8, 4) is 17.2 Å². The van der Waals surface area contributed by atoms with Crippen LogP contribution in [0, 0.1) is 11.3 Å². The van der Waals surface area contributed by atoms with E-state index in [2.05, 4.69) is 15.3 Å². The molecule has 0 saturated carbocycles. The van der Waals surface area contributed by atoms with Gasteiger partial charge in [-0.25, -0.2) is 4.98 Å². The molecule has 0 radical (unpaired) electrons. The maximum absolute atomic E-state index is 12.7. The number of carbonyl (C=O) groups is 1. The van der Waals surface area contributed by atoms with E-state index in [1.54, 1.807) is 37.5 Å². The van der Waals surface area contributed by atoms with Crippen LogP contribution in [0.3, 0.4) is 0 Å². The summed E-state index contributed by atoms with van der Waals surface area (Å²) in [4.78, 5) is 32.8. The average Bonchev–Trinajstić information content (AvgIpc) is 3.20.